The Kier molecular flexibility index (Phi) is 3.92. The van der Waals surface area contributed by atoms with Crippen molar-refractivity contribution in [1.29, 1.82) is 0 Å². The molecule has 2 rings (SSSR count). The smallest absolute Gasteiger partial charge is 0.211 e. The Balaban J connectivity index is 2.40. The number of pyridine rings is 1. The summed E-state index contributed by atoms with van der Waals surface area (Å²) >= 11 is 0. The Bertz CT molecular complexity index is 662. The Labute approximate surface area is 109 Å². The number of ketones is 1. The van der Waals surface area contributed by atoms with Crippen molar-refractivity contribution < 1.29 is 4.79 Å². The second kappa shape index (κ2) is 5.81. The highest BCUT2D eigenvalue weighted by atomic mass is 16.1. The number of aromatic nitrogens is 3. The lowest BCUT2D eigenvalue weighted by Gasteiger charge is -2.05. The van der Waals surface area contributed by atoms with Crippen LogP contribution in [0.4, 0.5) is 0 Å². The zero-order valence-electron chi connectivity index (χ0n) is 10.4. The monoisotopic (exact) mass is 256 g/mol. The lowest BCUT2D eigenvalue weighted by Crippen LogP contribution is -2.20. The third-order valence-corrected chi connectivity index (χ3v) is 2.46. The number of carbonyl (C=O) groups is 1. The summed E-state index contributed by atoms with van der Waals surface area (Å²) in [4.78, 5) is 31.1. The van der Waals surface area contributed by atoms with Gasteiger partial charge < -0.3 is 4.99 Å². The predicted octanol–water partition coefficient (Wildman–Crippen LogP) is 0.901. The third-order valence-electron chi connectivity index (χ3n) is 2.46. The van der Waals surface area contributed by atoms with Crippen LogP contribution in [0, 0.1) is 0 Å². The normalized spacial score (nSPS) is 10.8. The van der Waals surface area contributed by atoms with Crippen molar-refractivity contribution in [3.8, 4) is 5.69 Å². The molecule has 6 nitrogen and oxygen atoms in total. The molecule has 0 bridgehead atoms. The van der Waals surface area contributed by atoms with Gasteiger partial charge in [-0.15, -0.1) is 0 Å². The number of nitrogens with zero attached hydrogens (tertiary/aromatic N) is 4. The van der Waals surface area contributed by atoms with E-state index in [0.29, 0.717) is 0 Å². The number of aliphatic imine (C=N–C) groups is 1. The molecule has 0 atom stereocenters. The van der Waals surface area contributed by atoms with Gasteiger partial charge in [0.25, 0.3) is 0 Å². The number of Topliss-reactive ketones (excluding diaryl/α,β-unsaturated/α-hetero) is 1. The fourth-order valence-electron chi connectivity index (χ4n) is 1.51. The first-order chi connectivity index (χ1) is 9.22. The standard InChI is InChI=1S/C13H12N4O2/c1-14-6-4-11(18)13-12(19)5-9-17(16-13)10-2-7-15-8-3-10/h2-3,5-9H,4H2,1H3. The van der Waals surface area contributed by atoms with E-state index >= 15 is 0 Å². The van der Waals surface area contributed by atoms with Crippen LogP contribution in [0.15, 0.2) is 46.6 Å². The molecule has 6 heteroatoms. The van der Waals surface area contributed by atoms with E-state index < -0.39 is 0 Å². The quantitative estimate of drug-likeness (QED) is 0.601. The summed E-state index contributed by atoms with van der Waals surface area (Å²) in [6.07, 6.45) is 6.26. The first kappa shape index (κ1) is 12.8. The molecule has 2 heterocycles. The molecule has 19 heavy (non-hydrogen) atoms. The number of carbonyl (C=O) groups excluding carboxylic acids is 1. The first-order valence-electron chi connectivity index (χ1n) is 5.66. The molecule has 0 unspecified atom stereocenters. The van der Waals surface area contributed by atoms with E-state index in [9.17, 15) is 9.59 Å². The second-order valence-corrected chi connectivity index (χ2v) is 3.75. The van der Waals surface area contributed by atoms with Gasteiger partial charge in [-0.05, 0) is 12.1 Å². The summed E-state index contributed by atoms with van der Waals surface area (Å²) in [7, 11) is 1.57. The molecule has 0 fully saturated rings. The average molecular weight is 256 g/mol. The summed E-state index contributed by atoms with van der Waals surface area (Å²) in [5.74, 6) is -0.348. The Morgan fingerprint density at radius 3 is 2.79 bits per heavy atom. The minimum Gasteiger partial charge on any atom is -0.300 e. The molecule has 0 aliphatic carbocycles. The number of hydrogen-bond acceptors (Lipinski definition) is 5. The number of rotatable bonds is 4. The van der Waals surface area contributed by atoms with E-state index in [1.54, 1.807) is 31.6 Å². The summed E-state index contributed by atoms with van der Waals surface area (Å²) in [6.45, 7) is 0. The van der Waals surface area contributed by atoms with Crippen molar-refractivity contribution >= 4 is 12.0 Å². The summed E-state index contributed by atoms with van der Waals surface area (Å²) in [5, 5.41) is 4.06. The maximum atomic E-state index is 11.8. The van der Waals surface area contributed by atoms with Gasteiger partial charge in [-0.3, -0.25) is 14.6 Å². The Morgan fingerprint density at radius 2 is 2.11 bits per heavy atom. The molecule has 2 aromatic rings. The van der Waals surface area contributed by atoms with Crippen LogP contribution in [0.5, 0.6) is 0 Å². The highest BCUT2D eigenvalue weighted by Crippen LogP contribution is 2.03. The van der Waals surface area contributed by atoms with E-state index in [2.05, 4.69) is 15.1 Å². The molecule has 96 valence electrons. The van der Waals surface area contributed by atoms with Gasteiger partial charge >= 0.3 is 0 Å². The fraction of sp³-hybridized carbons (Fsp3) is 0.154. The summed E-state index contributed by atoms with van der Waals surface area (Å²) < 4.78 is 1.47. The van der Waals surface area contributed by atoms with Crippen LogP contribution < -0.4 is 5.43 Å². The molecular weight excluding hydrogens is 244 g/mol. The van der Waals surface area contributed by atoms with Gasteiger partial charge in [0.1, 0.15) is 0 Å². The SMILES string of the molecule is CN=CCC(=O)c1nn(-c2ccncc2)ccc1=O. The molecule has 0 aliphatic rings. The van der Waals surface area contributed by atoms with Crippen LogP contribution in [0.1, 0.15) is 16.9 Å². The van der Waals surface area contributed by atoms with E-state index in [1.165, 1.54) is 23.2 Å². The number of hydrogen-bond donors (Lipinski definition) is 0. The zero-order chi connectivity index (χ0) is 13.7. The fourth-order valence-corrected chi connectivity index (χ4v) is 1.51. The van der Waals surface area contributed by atoms with Crippen LogP contribution in [-0.4, -0.2) is 33.8 Å². The molecule has 0 aliphatic heterocycles. The van der Waals surface area contributed by atoms with E-state index in [4.69, 9.17) is 0 Å². The lowest BCUT2D eigenvalue weighted by molar-refractivity contribution is 0.0994. The van der Waals surface area contributed by atoms with E-state index in [-0.39, 0.29) is 23.3 Å². The molecule has 0 saturated heterocycles. The van der Waals surface area contributed by atoms with Crippen LogP contribution in [-0.2, 0) is 0 Å². The minimum absolute atomic E-state index is 0.0686. The molecule has 0 aromatic carbocycles. The van der Waals surface area contributed by atoms with E-state index in [0.717, 1.165) is 5.69 Å². The van der Waals surface area contributed by atoms with Crippen molar-refractivity contribution in [1.82, 2.24) is 14.8 Å². The largest absolute Gasteiger partial charge is 0.300 e. The van der Waals surface area contributed by atoms with Crippen LogP contribution >= 0.6 is 0 Å². The highest BCUT2D eigenvalue weighted by molar-refractivity contribution is 6.02. The second-order valence-electron chi connectivity index (χ2n) is 3.75. The average Bonchev–Trinajstić information content (AvgIpc) is 2.46. The van der Waals surface area contributed by atoms with Gasteiger partial charge in [-0.2, -0.15) is 5.10 Å². The molecule has 2 aromatic heterocycles. The van der Waals surface area contributed by atoms with Crippen molar-refractivity contribution in [2.24, 2.45) is 4.99 Å². The van der Waals surface area contributed by atoms with Gasteiger partial charge in [0.2, 0.25) is 5.43 Å². The third kappa shape index (κ3) is 2.98. The predicted molar refractivity (Wildman–Crippen MR) is 71.0 cm³/mol. The molecule has 0 radical (unpaired) electrons. The van der Waals surface area contributed by atoms with Crippen molar-refractivity contribution in [3.63, 3.8) is 0 Å². The maximum Gasteiger partial charge on any atom is 0.211 e. The maximum absolute atomic E-state index is 11.8. The van der Waals surface area contributed by atoms with Crippen molar-refractivity contribution in [3.05, 3.63) is 52.7 Å². The van der Waals surface area contributed by atoms with Gasteiger partial charge in [-0.1, -0.05) is 0 Å². The van der Waals surface area contributed by atoms with Crippen LogP contribution in [0.3, 0.4) is 0 Å². The van der Waals surface area contributed by atoms with Crippen LogP contribution in [0.25, 0.3) is 5.69 Å². The molecule has 0 saturated carbocycles. The van der Waals surface area contributed by atoms with E-state index in [1.807, 2.05) is 0 Å². The zero-order valence-corrected chi connectivity index (χ0v) is 10.4. The molecule has 0 spiro atoms. The first-order valence-corrected chi connectivity index (χ1v) is 5.66. The van der Waals surface area contributed by atoms with Crippen molar-refractivity contribution in [2.75, 3.05) is 7.05 Å². The Hall–Kier alpha value is -2.63. The topological polar surface area (TPSA) is 77.2 Å². The van der Waals surface area contributed by atoms with Crippen LogP contribution in [0.2, 0.25) is 0 Å². The minimum atomic E-state index is -0.389. The summed E-state index contributed by atoms with van der Waals surface area (Å²) in [6, 6.07) is 4.79. The van der Waals surface area contributed by atoms with Crippen molar-refractivity contribution in [2.45, 2.75) is 6.42 Å². The van der Waals surface area contributed by atoms with Gasteiger partial charge in [-0.25, -0.2) is 4.68 Å². The highest BCUT2D eigenvalue weighted by Gasteiger charge is 2.12. The molecule has 0 N–H and O–H groups in total. The molecular formula is C13H12N4O2. The summed E-state index contributed by atoms with van der Waals surface area (Å²) in [5.41, 5.74) is 0.257. The van der Waals surface area contributed by atoms with Gasteiger partial charge in [0.05, 0.1) is 5.69 Å². The lowest BCUT2D eigenvalue weighted by atomic mass is 10.2. The van der Waals surface area contributed by atoms with Gasteiger partial charge in [0.15, 0.2) is 11.5 Å². The molecule has 0 amide bonds. The van der Waals surface area contributed by atoms with Gasteiger partial charge in [0, 0.05) is 44.3 Å². The Morgan fingerprint density at radius 1 is 1.37 bits per heavy atom.